The molecule has 29 heavy (non-hydrogen) atoms. The molecule has 1 N–H and O–H groups in total. The average Bonchev–Trinajstić information content (AvgIpc) is 3.15. The Bertz CT molecular complexity index is 975. The minimum atomic E-state index is -0.162. The Morgan fingerprint density at radius 2 is 1.90 bits per heavy atom. The second-order valence-corrected chi connectivity index (χ2v) is 8.11. The Morgan fingerprint density at radius 3 is 2.66 bits per heavy atom. The van der Waals surface area contributed by atoms with Crippen molar-refractivity contribution in [2.45, 2.75) is 19.9 Å². The van der Waals surface area contributed by atoms with E-state index in [1.54, 1.807) is 0 Å². The number of fused-ring (bicyclic) bond motifs is 1. The van der Waals surface area contributed by atoms with E-state index >= 15 is 0 Å². The molecule has 1 aliphatic rings. The number of carbonyl (C=O) groups excluding carboxylic acids is 1. The van der Waals surface area contributed by atoms with Gasteiger partial charge in [0.15, 0.2) is 0 Å². The van der Waals surface area contributed by atoms with Crippen LogP contribution in [0.5, 0.6) is 0 Å². The van der Waals surface area contributed by atoms with Crippen molar-refractivity contribution in [3.63, 3.8) is 0 Å². The number of carbonyl (C=O) groups is 1. The van der Waals surface area contributed by atoms with Crippen molar-refractivity contribution in [1.82, 2.24) is 10.2 Å². The van der Waals surface area contributed by atoms with Crippen LogP contribution in [0.4, 0.5) is 5.69 Å². The van der Waals surface area contributed by atoms with Crippen LogP contribution in [0.15, 0.2) is 52.9 Å². The van der Waals surface area contributed by atoms with Gasteiger partial charge in [-0.05, 0) is 43.7 Å². The summed E-state index contributed by atoms with van der Waals surface area (Å²) < 4.78 is 5.86. The smallest absolute Gasteiger partial charge is 0.234 e. The molecule has 0 aliphatic carbocycles. The Labute approximate surface area is 176 Å². The van der Waals surface area contributed by atoms with Gasteiger partial charge in [-0.3, -0.25) is 9.69 Å². The first-order valence-corrected chi connectivity index (χ1v) is 10.4. The summed E-state index contributed by atoms with van der Waals surface area (Å²) in [5.41, 5.74) is 3.25. The van der Waals surface area contributed by atoms with Crippen molar-refractivity contribution in [2.75, 3.05) is 37.6 Å². The summed E-state index contributed by atoms with van der Waals surface area (Å²) in [6.07, 6.45) is 0. The van der Waals surface area contributed by atoms with E-state index in [0.29, 0.717) is 6.54 Å². The van der Waals surface area contributed by atoms with Crippen molar-refractivity contribution in [3.05, 3.63) is 64.9 Å². The number of hydrogen-bond acceptors (Lipinski definition) is 4. The summed E-state index contributed by atoms with van der Waals surface area (Å²) in [6, 6.07) is 15.7. The second-order valence-electron chi connectivity index (χ2n) is 7.67. The molecule has 1 aliphatic heterocycles. The van der Waals surface area contributed by atoms with E-state index in [2.05, 4.69) is 28.1 Å². The number of nitrogens with zero attached hydrogens (tertiary/aromatic N) is 2. The third-order valence-electron chi connectivity index (χ3n) is 5.50. The molecule has 0 bridgehead atoms. The van der Waals surface area contributed by atoms with Gasteiger partial charge in [0.05, 0.1) is 12.6 Å². The van der Waals surface area contributed by atoms with E-state index in [0.717, 1.165) is 47.9 Å². The summed E-state index contributed by atoms with van der Waals surface area (Å²) in [7, 11) is 0. The van der Waals surface area contributed by atoms with Gasteiger partial charge in [0.2, 0.25) is 5.91 Å². The molecule has 152 valence electrons. The molecule has 1 atom stereocenters. The van der Waals surface area contributed by atoms with Crippen molar-refractivity contribution < 1.29 is 9.21 Å². The Morgan fingerprint density at radius 1 is 1.14 bits per heavy atom. The van der Waals surface area contributed by atoms with Crippen LogP contribution in [-0.2, 0) is 4.79 Å². The molecule has 1 amide bonds. The highest BCUT2D eigenvalue weighted by Gasteiger charge is 2.22. The summed E-state index contributed by atoms with van der Waals surface area (Å²) >= 11 is 6.16. The number of piperazine rings is 1. The van der Waals surface area contributed by atoms with E-state index in [-0.39, 0.29) is 11.9 Å². The van der Waals surface area contributed by atoms with E-state index < -0.39 is 0 Å². The number of para-hydroxylation sites is 1. The molecule has 5 nitrogen and oxygen atoms in total. The number of furan rings is 1. The van der Waals surface area contributed by atoms with Crippen LogP contribution in [0.3, 0.4) is 0 Å². The van der Waals surface area contributed by atoms with Crippen molar-refractivity contribution in [2.24, 2.45) is 0 Å². The van der Waals surface area contributed by atoms with Gasteiger partial charge in [-0.15, -0.1) is 0 Å². The second kappa shape index (κ2) is 8.47. The highest BCUT2D eigenvalue weighted by molar-refractivity contribution is 6.30. The number of rotatable bonds is 5. The zero-order chi connectivity index (χ0) is 20.4. The Balaban J connectivity index is 1.30. The topological polar surface area (TPSA) is 48.7 Å². The summed E-state index contributed by atoms with van der Waals surface area (Å²) in [5, 5.41) is 4.87. The third-order valence-corrected chi connectivity index (χ3v) is 5.74. The minimum Gasteiger partial charge on any atom is -0.459 e. The predicted octanol–water partition coefficient (Wildman–Crippen LogP) is 4.39. The first-order valence-electron chi connectivity index (χ1n) is 10.0. The lowest BCUT2D eigenvalue weighted by Crippen LogP contribution is -2.49. The molecular formula is C23H26ClN3O2. The van der Waals surface area contributed by atoms with Crippen LogP contribution in [-0.4, -0.2) is 43.5 Å². The lowest BCUT2D eigenvalue weighted by atomic mass is 10.1. The molecule has 3 aromatic rings. The van der Waals surface area contributed by atoms with Crippen LogP contribution in [0.1, 0.15) is 24.3 Å². The quantitative estimate of drug-likeness (QED) is 0.676. The molecule has 6 heteroatoms. The summed E-state index contributed by atoms with van der Waals surface area (Å²) in [5.74, 6) is 0.797. The van der Waals surface area contributed by atoms with Gasteiger partial charge in [0.25, 0.3) is 0 Å². The number of benzene rings is 2. The van der Waals surface area contributed by atoms with Gasteiger partial charge in [0.1, 0.15) is 11.3 Å². The predicted molar refractivity (Wildman–Crippen MR) is 118 cm³/mol. The number of anilines is 1. The number of aryl methyl sites for hydroxylation is 1. The normalized spacial score (nSPS) is 16.2. The monoisotopic (exact) mass is 411 g/mol. The van der Waals surface area contributed by atoms with Crippen molar-refractivity contribution in [1.29, 1.82) is 0 Å². The molecule has 1 aromatic heterocycles. The fourth-order valence-corrected chi connectivity index (χ4v) is 4.01. The van der Waals surface area contributed by atoms with Gasteiger partial charge >= 0.3 is 0 Å². The molecular weight excluding hydrogens is 386 g/mol. The number of halogens is 1. The van der Waals surface area contributed by atoms with Crippen LogP contribution in [0.2, 0.25) is 5.02 Å². The summed E-state index contributed by atoms with van der Waals surface area (Å²) in [4.78, 5) is 17.1. The maximum absolute atomic E-state index is 12.5. The first-order chi connectivity index (χ1) is 14.0. The molecule has 0 radical (unpaired) electrons. The molecule has 2 heterocycles. The van der Waals surface area contributed by atoms with Crippen LogP contribution in [0.25, 0.3) is 11.0 Å². The maximum atomic E-state index is 12.5. The van der Waals surface area contributed by atoms with Gasteiger partial charge in [0, 0.05) is 42.3 Å². The van der Waals surface area contributed by atoms with Crippen LogP contribution in [0, 0.1) is 6.92 Å². The highest BCUT2D eigenvalue weighted by atomic mass is 35.5. The lowest BCUT2D eigenvalue weighted by molar-refractivity contribution is -0.123. The van der Waals surface area contributed by atoms with Gasteiger partial charge in [-0.2, -0.15) is 0 Å². The fourth-order valence-electron chi connectivity index (χ4n) is 3.85. The van der Waals surface area contributed by atoms with E-state index in [4.69, 9.17) is 16.0 Å². The van der Waals surface area contributed by atoms with Gasteiger partial charge in [-0.1, -0.05) is 35.9 Å². The number of hydrogen-bond donors (Lipinski definition) is 1. The van der Waals surface area contributed by atoms with Crippen LogP contribution >= 0.6 is 11.6 Å². The molecule has 4 rings (SSSR count). The average molecular weight is 412 g/mol. The Kier molecular flexibility index (Phi) is 5.79. The maximum Gasteiger partial charge on any atom is 0.234 e. The van der Waals surface area contributed by atoms with Gasteiger partial charge < -0.3 is 14.6 Å². The van der Waals surface area contributed by atoms with Gasteiger partial charge in [-0.25, -0.2) is 0 Å². The zero-order valence-corrected chi connectivity index (χ0v) is 17.6. The molecule has 0 unspecified atom stereocenters. The molecule has 2 aromatic carbocycles. The Hall–Kier alpha value is -2.50. The fraction of sp³-hybridized carbons (Fsp3) is 0.348. The highest BCUT2D eigenvalue weighted by Crippen LogP contribution is 2.26. The van der Waals surface area contributed by atoms with E-state index in [9.17, 15) is 4.79 Å². The SMILES string of the molecule is Cc1ccc(Cl)cc1N1CCN(CC(=O)N[C@H](C)c2cc3ccccc3o2)CC1. The summed E-state index contributed by atoms with van der Waals surface area (Å²) in [6.45, 7) is 7.91. The molecule has 0 saturated carbocycles. The zero-order valence-electron chi connectivity index (χ0n) is 16.8. The number of amides is 1. The largest absolute Gasteiger partial charge is 0.459 e. The molecule has 1 saturated heterocycles. The first kappa shape index (κ1) is 19.8. The standard InChI is InChI=1S/C23H26ClN3O2/c1-16-7-8-19(24)14-20(16)27-11-9-26(10-12-27)15-23(28)25-17(2)22-13-18-5-3-4-6-21(18)29-22/h3-8,13-14,17H,9-12,15H2,1-2H3,(H,25,28)/t17-/m1/s1. The third kappa shape index (κ3) is 4.57. The van der Waals surface area contributed by atoms with Crippen molar-refractivity contribution in [3.8, 4) is 0 Å². The minimum absolute atomic E-state index is 0.0188. The van der Waals surface area contributed by atoms with Crippen molar-refractivity contribution >= 4 is 34.2 Å². The molecule has 1 fully saturated rings. The van der Waals surface area contributed by atoms with Crippen LogP contribution < -0.4 is 10.2 Å². The molecule has 0 spiro atoms. The van der Waals surface area contributed by atoms with E-state index in [1.165, 1.54) is 11.3 Å². The number of nitrogens with one attached hydrogen (secondary N) is 1. The lowest BCUT2D eigenvalue weighted by Gasteiger charge is -2.36. The van der Waals surface area contributed by atoms with E-state index in [1.807, 2.05) is 49.4 Å².